The van der Waals surface area contributed by atoms with Crippen LogP contribution in [0.2, 0.25) is 0 Å². The average Bonchev–Trinajstić information content (AvgIpc) is 2.90. The highest BCUT2D eigenvalue weighted by Gasteiger charge is 2.70. The Kier molecular flexibility index (Phi) is 5.39. The van der Waals surface area contributed by atoms with Gasteiger partial charge < -0.3 is 14.6 Å². The van der Waals surface area contributed by atoms with Gasteiger partial charge in [-0.25, -0.2) is 0 Å². The van der Waals surface area contributed by atoms with Crippen LogP contribution in [0.5, 0.6) is 0 Å². The van der Waals surface area contributed by atoms with Crippen molar-refractivity contribution < 1.29 is 29.0 Å². The second-order valence-corrected chi connectivity index (χ2v) is 10.8. The molecule has 0 spiro atoms. The molecule has 0 aromatic rings. The number of fused-ring (bicyclic) bond motifs is 5. The summed E-state index contributed by atoms with van der Waals surface area (Å²) in [6.45, 7) is 8.60. The number of carbonyl (C=O) groups is 3. The van der Waals surface area contributed by atoms with Crippen LogP contribution in [0, 0.1) is 28.6 Å². The van der Waals surface area contributed by atoms with E-state index in [1.54, 1.807) is 0 Å². The van der Waals surface area contributed by atoms with E-state index in [0.29, 0.717) is 18.3 Å². The van der Waals surface area contributed by atoms with Crippen molar-refractivity contribution in [1.29, 1.82) is 0 Å². The Morgan fingerprint density at radius 1 is 1.00 bits per heavy atom. The third-order valence-electron chi connectivity index (χ3n) is 9.43. The van der Waals surface area contributed by atoms with Crippen LogP contribution in [-0.2, 0) is 23.9 Å². The highest BCUT2D eigenvalue weighted by Crippen LogP contribution is 2.67. The van der Waals surface area contributed by atoms with E-state index in [1.807, 2.05) is 6.92 Å². The van der Waals surface area contributed by atoms with Gasteiger partial charge in [-0.15, -0.1) is 0 Å². The molecule has 31 heavy (non-hydrogen) atoms. The van der Waals surface area contributed by atoms with Crippen molar-refractivity contribution in [2.45, 2.75) is 97.4 Å². The highest BCUT2D eigenvalue weighted by atomic mass is 16.6. The number of ether oxygens (including phenoxy) is 2. The molecule has 4 aliphatic rings. The Morgan fingerprint density at radius 2 is 1.68 bits per heavy atom. The van der Waals surface area contributed by atoms with Crippen LogP contribution in [0.25, 0.3) is 0 Å². The summed E-state index contributed by atoms with van der Waals surface area (Å²) in [7, 11) is 0. The lowest BCUT2D eigenvalue weighted by Gasteiger charge is -2.58. The van der Waals surface area contributed by atoms with Crippen molar-refractivity contribution in [3.8, 4) is 0 Å². The third kappa shape index (κ3) is 3.20. The van der Waals surface area contributed by atoms with Gasteiger partial charge in [-0.05, 0) is 68.6 Å². The number of rotatable bonds is 3. The van der Waals surface area contributed by atoms with E-state index in [9.17, 15) is 19.5 Å². The minimum atomic E-state index is -1.63. The molecule has 0 amide bonds. The van der Waals surface area contributed by atoms with Gasteiger partial charge in [0.15, 0.2) is 11.4 Å². The lowest BCUT2D eigenvalue weighted by atomic mass is 9.46. The van der Waals surface area contributed by atoms with Gasteiger partial charge in [0, 0.05) is 25.7 Å². The van der Waals surface area contributed by atoms with Crippen molar-refractivity contribution in [1.82, 2.24) is 0 Å². The molecule has 4 aliphatic carbocycles. The fourth-order valence-electron chi connectivity index (χ4n) is 7.92. The first-order valence-electron chi connectivity index (χ1n) is 11.7. The van der Waals surface area contributed by atoms with Crippen molar-refractivity contribution >= 4 is 17.7 Å². The van der Waals surface area contributed by atoms with E-state index in [2.05, 4.69) is 13.0 Å². The van der Waals surface area contributed by atoms with Gasteiger partial charge in [0.05, 0.1) is 0 Å². The quantitative estimate of drug-likeness (QED) is 0.540. The van der Waals surface area contributed by atoms with Crippen molar-refractivity contribution in [2.75, 3.05) is 0 Å². The maximum absolute atomic E-state index is 12.7. The first-order chi connectivity index (χ1) is 14.4. The molecule has 3 saturated carbocycles. The van der Waals surface area contributed by atoms with Crippen LogP contribution in [0.1, 0.15) is 79.6 Å². The molecule has 0 saturated heterocycles. The topological polar surface area (TPSA) is 89.9 Å². The molecule has 6 heteroatoms. The molecule has 3 fully saturated rings. The molecule has 6 nitrogen and oxygen atoms in total. The lowest BCUT2D eigenvalue weighted by molar-refractivity contribution is -0.184. The summed E-state index contributed by atoms with van der Waals surface area (Å²) in [6, 6.07) is 0. The van der Waals surface area contributed by atoms with Crippen LogP contribution in [0.15, 0.2) is 11.6 Å². The van der Waals surface area contributed by atoms with Crippen molar-refractivity contribution in [3.63, 3.8) is 0 Å². The van der Waals surface area contributed by atoms with E-state index in [-0.39, 0.29) is 29.2 Å². The first kappa shape index (κ1) is 22.5. The van der Waals surface area contributed by atoms with Gasteiger partial charge in [0.2, 0.25) is 0 Å². The van der Waals surface area contributed by atoms with E-state index in [1.165, 1.54) is 26.3 Å². The zero-order chi connectivity index (χ0) is 22.8. The van der Waals surface area contributed by atoms with Crippen LogP contribution < -0.4 is 0 Å². The molecule has 0 bridgehead atoms. The maximum Gasteiger partial charge on any atom is 0.303 e. The van der Waals surface area contributed by atoms with Crippen LogP contribution in [0.3, 0.4) is 0 Å². The van der Waals surface area contributed by atoms with Gasteiger partial charge >= 0.3 is 11.9 Å². The molecule has 0 radical (unpaired) electrons. The second-order valence-electron chi connectivity index (χ2n) is 10.8. The van der Waals surface area contributed by atoms with Crippen LogP contribution in [-0.4, -0.2) is 40.6 Å². The first-order valence-corrected chi connectivity index (χ1v) is 11.7. The van der Waals surface area contributed by atoms with Gasteiger partial charge in [-0.3, -0.25) is 14.4 Å². The van der Waals surface area contributed by atoms with Crippen LogP contribution in [0.4, 0.5) is 0 Å². The zero-order valence-electron chi connectivity index (χ0n) is 19.4. The van der Waals surface area contributed by atoms with Gasteiger partial charge in [0.1, 0.15) is 12.2 Å². The number of ketones is 1. The highest BCUT2D eigenvalue weighted by molar-refractivity contribution is 5.87. The van der Waals surface area contributed by atoms with Gasteiger partial charge in [-0.1, -0.05) is 25.5 Å². The maximum atomic E-state index is 12.7. The molecule has 0 unspecified atom stereocenters. The Hall–Kier alpha value is -1.69. The SMILES string of the molecule is CC(=O)O[C@H]1CC[C@@]2(C)C(=CC[C@@H]3[C@@H]2CC[C@@]2(C)[C@H]3C[C@@H](OC(C)=O)[C@@]2(O)C(C)=O)C1. The normalized spacial score (nSPS) is 46.1. The number of allylic oxidation sites excluding steroid dienone is 1. The molecule has 0 heterocycles. The largest absolute Gasteiger partial charge is 0.462 e. The van der Waals surface area contributed by atoms with E-state index >= 15 is 0 Å². The molecular formula is C25H36O6. The Bertz CT molecular complexity index is 832. The minimum Gasteiger partial charge on any atom is -0.462 e. The molecule has 172 valence electrons. The lowest BCUT2D eigenvalue weighted by Crippen LogP contribution is -2.60. The van der Waals surface area contributed by atoms with E-state index in [4.69, 9.17) is 9.47 Å². The summed E-state index contributed by atoms with van der Waals surface area (Å²) >= 11 is 0. The predicted octanol–water partition coefficient (Wildman–Crippen LogP) is 3.74. The number of hydrogen-bond acceptors (Lipinski definition) is 6. The summed E-state index contributed by atoms with van der Waals surface area (Å²) in [5.41, 5.74) is -0.788. The standard InChI is InChI=1S/C25H36O6/c1-14(26)25(29)22(31-16(3)28)13-21-19-7-6-17-12-18(30-15(2)27)8-10-23(17,4)20(19)9-11-24(21,25)5/h6,18-22,29H,7-13H2,1-5H3/t18-,19+,20-,21-,22+,23-,24-,25-/m0/s1. The molecule has 0 aliphatic heterocycles. The van der Waals surface area contributed by atoms with E-state index < -0.39 is 23.1 Å². The number of Topliss-reactive ketones (excluding diaryl/α,β-unsaturated/α-hetero) is 1. The summed E-state index contributed by atoms with van der Waals surface area (Å²) in [5.74, 6) is -0.0691. The number of aliphatic hydroxyl groups is 1. The third-order valence-corrected chi connectivity index (χ3v) is 9.43. The fourth-order valence-corrected chi connectivity index (χ4v) is 7.92. The number of carbonyl (C=O) groups excluding carboxylic acids is 3. The van der Waals surface area contributed by atoms with Crippen LogP contribution >= 0.6 is 0 Å². The molecule has 0 aromatic heterocycles. The van der Waals surface area contributed by atoms with Gasteiger partial charge in [-0.2, -0.15) is 0 Å². The molecule has 4 rings (SSSR count). The fraction of sp³-hybridized carbons (Fsp3) is 0.800. The summed E-state index contributed by atoms with van der Waals surface area (Å²) in [4.78, 5) is 35.9. The molecule has 8 atom stereocenters. The van der Waals surface area contributed by atoms with Crippen molar-refractivity contribution in [3.05, 3.63) is 11.6 Å². The van der Waals surface area contributed by atoms with Gasteiger partial charge in [0.25, 0.3) is 0 Å². The molecule has 1 N–H and O–H groups in total. The second kappa shape index (κ2) is 7.43. The molecule has 0 aromatic carbocycles. The summed E-state index contributed by atoms with van der Waals surface area (Å²) in [5, 5.41) is 11.6. The summed E-state index contributed by atoms with van der Waals surface area (Å²) < 4.78 is 11.0. The average molecular weight is 433 g/mol. The summed E-state index contributed by atoms with van der Waals surface area (Å²) in [6.07, 6.45) is 7.25. The monoisotopic (exact) mass is 432 g/mol. The zero-order valence-corrected chi connectivity index (χ0v) is 19.4. The Morgan fingerprint density at radius 3 is 2.29 bits per heavy atom. The minimum absolute atomic E-state index is 0.0372. The smallest absolute Gasteiger partial charge is 0.303 e. The number of esters is 2. The van der Waals surface area contributed by atoms with Crippen molar-refractivity contribution in [2.24, 2.45) is 28.6 Å². The Balaban J connectivity index is 1.65. The van der Waals surface area contributed by atoms with E-state index in [0.717, 1.165) is 38.5 Å². The molecular weight excluding hydrogens is 396 g/mol. The predicted molar refractivity (Wildman–Crippen MR) is 114 cm³/mol. The Labute approximate surface area is 184 Å². The number of hydrogen-bond donors (Lipinski definition) is 1.